The van der Waals surface area contributed by atoms with Crippen LogP contribution in [0.3, 0.4) is 0 Å². The summed E-state index contributed by atoms with van der Waals surface area (Å²) in [5, 5.41) is 8.61. The third kappa shape index (κ3) is 4.08. The second kappa shape index (κ2) is 7.61. The normalized spacial score (nSPS) is 11.2. The molecular formula is C15H24ClN5. The summed E-state index contributed by atoms with van der Waals surface area (Å²) in [4.78, 5) is 4.45. The standard InChI is InChI=1S/C15H24ClN5/c1-4-7-17-8-6-12-9-21(11-18-12)10-14-15(16)13(5-2)19-20(14)3/h9,11,17H,4-8,10H2,1-3H3. The Morgan fingerprint density at radius 1 is 1.29 bits per heavy atom. The van der Waals surface area contributed by atoms with Crippen LogP contribution < -0.4 is 5.32 Å². The van der Waals surface area contributed by atoms with Gasteiger partial charge in [-0.25, -0.2) is 4.98 Å². The number of hydrogen-bond donors (Lipinski definition) is 1. The summed E-state index contributed by atoms with van der Waals surface area (Å²) in [7, 11) is 1.94. The molecule has 0 saturated heterocycles. The van der Waals surface area contributed by atoms with Crippen molar-refractivity contribution in [1.82, 2.24) is 24.6 Å². The molecule has 0 aromatic carbocycles. The first-order valence-electron chi connectivity index (χ1n) is 7.57. The Bertz CT molecular complexity index is 573. The van der Waals surface area contributed by atoms with E-state index < -0.39 is 0 Å². The molecular weight excluding hydrogens is 286 g/mol. The van der Waals surface area contributed by atoms with Crippen LogP contribution in [-0.2, 0) is 26.4 Å². The van der Waals surface area contributed by atoms with Gasteiger partial charge in [0.15, 0.2) is 0 Å². The highest BCUT2D eigenvalue weighted by molar-refractivity contribution is 6.31. The third-order valence-corrected chi connectivity index (χ3v) is 3.94. The van der Waals surface area contributed by atoms with E-state index in [4.69, 9.17) is 11.6 Å². The fraction of sp³-hybridized carbons (Fsp3) is 0.600. The van der Waals surface area contributed by atoms with Crippen LogP contribution in [0.15, 0.2) is 12.5 Å². The molecule has 2 rings (SSSR count). The van der Waals surface area contributed by atoms with E-state index in [0.29, 0.717) is 6.54 Å². The maximum absolute atomic E-state index is 6.38. The molecule has 0 radical (unpaired) electrons. The number of hydrogen-bond acceptors (Lipinski definition) is 3. The van der Waals surface area contributed by atoms with Crippen molar-refractivity contribution < 1.29 is 0 Å². The van der Waals surface area contributed by atoms with Crippen molar-refractivity contribution in [2.45, 2.75) is 39.7 Å². The van der Waals surface area contributed by atoms with E-state index in [-0.39, 0.29) is 0 Å². The molecule has 0 amide bonds. The zero-order chi connectivity index (χ0) is 15.2. The molecule has 2 aromatic rings. The van der Waals surface area contributed by atoms with E-state index in [1.54, 1.807) is 0 Å². The number of aryl methyl sites for hydroxylation is 2. The molecule has 6 heteroatoms. The van der Waals surface area contributed by atoms with Gasteiger partial charge in [-0.2, -0.15) is 5.10 Å². The fourth-order valence-corrected chi connectivity index (χ4v) is 2.66. The van der Waals surface area contributed by atoms with Crippen LogP contribution in [0.1, 0.15) is 37.4 Å². The first-order chi connectivity index (χ1) is 10.2. The molecule has 2 heterocycles. The van der Waals surface area contributed by atoms with Crippen LogP contribution in [0.4, 0.5) is 0 Å². The van der Waals surface area contributed by atoms with Gasteiger partial charge in [0.05, 0.1) is 35.0 Å². The van der Waals surface area contributed by atoms with Crippen LogP contribution in [0.2, 0.25) is 5.02 Å². The third-order valence-electron chi connectivity index (χ3n) is 3.51. The highest BCUT2D eigenvalue weighted by Gasteiger charge is 2.13. The summed E-state index contributed by atoms with van der Waals surface area (Å²) >= 11 is 6.38. The van der Waals surface area contributed by atoms with Crippen LogP contribution in [0.25, 0.3) is 0 Å². The van der Waals surface area contributed by atoms with Gasteiger partial charge in [-0.1, -0.05) is 25.4 Å². The number of rotatable bonds is 8. The first kappa shape index (κ1) is 16.0. The molecule has 0 saturated carbocycles. The van der Waals surface area contributed by atoms with Gasteiger partial charge < -0.3 is 9.88 Å². The Morgan fingerprint density at radius 3 is 2.76 bits per heavy atom. The summed E-state index contributed by atoms with van der Waals surface area (Å²) in [5.74, 6) is 0. The smallest absolute Gasteiger partial charge is 0.0953 e. The van der Waals surface area contributed by atoms with Crippen LogP contribution in [-0.4, -0.2) is 32.4 Å². The average Bonchev–Trinajstić information content (AvgIpc) is 3.03. The Balaban J connectivity index is 1.98. The van der Waals surface area contributed by atoms with Gasteiger partial charge in [-0.15, -0.1) is 0 Å². The van der Waals surface area contributed by atoms with Crippen LogP contribution >= 0.6 is 11.6 Å². The Morgan fingerprint density at radius 2 is 2.10 bits per heavy atom. The second-order valence-electron chi connectivity index (χ2n) is 5.22. The first-order valence-corrected chi connectivity index (χ1v) is 7.95. The predicted octanol–water partition coefficient (Wildman–Crippen LogP) is 2.42. The van der Waals surface area contributed by atoms with Gasteiger partial charge in [0, 0.05) is 26.2 Å². The largest absolute Gasteiger partial charge is 0.331 e. The summed E-state index contributed by atoms with van der Waals surface area (Å²) < 4.78 is 3.93. The van der Waals surface area contributed by atoms with Crippen LogP contribution in [0, 0.1) is 0 Å². The molecule has 5 nitrogen and oxygen atoms in total. The number of nitrogens with zero attached hydrogens (tertiary/aromatic N) is 4. The van der Waals surface area contributed by atoms with Crippen molar-refractivity contribution in [3.05, 3.63) is 34.6 Å². The van der Waals surface area contributed by atoms with E-state index in [2.05, 4.69) is 40.0 Å². The number of imidazole rings is 1. The zero-order valence-electron chi connectivity index (χ0n) is 13.1. The molecule has 0 aliphatic carbocycles. The van der Waals surface area contributed by atoms with Gasteiger partial charge >= 0.3 is 0 Å². The zero-order valence-corrected chi connectivity index (χ0v) is 13.8. The molecule has 0 fully saturated rings. The lowest BCUT2D eigenvalue weighted by atomic mass is 10.3. The van der Waals surface area contributed by atoms with Crippen molar-refractivity contribution in [2.75, 3.05) is 13.1 Å². The van der Waals surface area contributed by atoms with E-state index in [1.165, 1.54) is 0 Å². The minimum absolute atomic E-state index is 0.706. The quantitative estimate of drug-likeness (QED) is 0.762. The number of aromatic nitrogens is 4. The molecule has 21 heavy (non-hydrogen) atoms. The van der Waals surface area contributed by atoms with Crippen molar-refractivity contribution in [2.24, 2.45) is 7.05 Å². The van der Waals surface area contributed by atoms with Crippen LogP contribution in [0.5, 0.6) is 0 Å². The summed E-state index contributed by atoms with van der Waals surface area (Å²) in [6.07, 6.45) is 6.91. The SMILES string of the molecule is CCCNCCc1cn(Cc2c(Cl)c(CC)nn2C)cn1. The Hall–Kier alpha value is -1.33. The highest BCUT2D eigenvalue weighted by Crippen LogP contribution is 2.21. The fourth-order valence-electron chi connectivity index (χ4n) is 2.30. The minimum Gasteiger partial charge on any atom is -0.331 e. The average molecular weight is 310 g/mol. The van der Waals surface area contributed by atoms with Crippen molar-refractivity contribution >= 4 is 11.6 Å². The molecule has 0 aliphatic rings. The summed E-state index contributed by atoms with van der Waals surface area (Å²) in [6.45, 7) is 6.97. The van der Waals surface area contributed by atoms with Gasteiger partial charge in [0.2, 0.25) is 0 Å². The maximum atomic E-state index is 6.38. The number of halogens is 1. The van der Waals surface area contributed by atoms with Crippen molar-refractivity contribution in [1.29, 1.82) is 0 Å². The topological polar surface area (TPSA) is 47.7 Å². The molecule has 116 valence electrons. The second-order valence-corrected chi connectivity index (χ2v) is 5.60. The molecule has 0 atom stereocenters. The van der Waals surface area contributed by atoms with Gasteiger partial charge in [0.25, 0.3) is 0 Å². The minimum atomic E-state index is 0.706. The molecule has 1 N–H and O–H groups in total. The lowest BCUT2D eigenvalue weighted by molar-refractivity contribution is 0.657. The summed E-state index contributed by atoms with van der Waals surface area (Å²) in [6, 6.07) is 0. The van der Waals surface area contributed by atoms with E-state index in [1.807, 2.05) is 18.1 Å². The number of nitrogens with one attached hydrogen (secondary N) is 1. The Kier molecular flexibility index (Phi) is 5.82. The van der Waals surface area contributed by atoms with Gasteiger partial charge in [-0.05, 0) is 19.4 Å². The van der Waals surface area contributed by atoms with Crippen molar-refractivity contribution in [3.8, 4) is 0 Å². The van der Waals surface area contributed by atoms with E-state index in [9.17, 15) is 0 Å². The highest BCUT2D eigenvalue weighted by atomic mass is 35.5. The van der Waals surface area contributed by atoms with Crippen molar-refractivity contribution in [3.63, 3.8) is 0 Å². The molecule has 0 unspecified atom stereocenters. The summed E-state index contributed by atoms with van der Waals surface area (Å²) in [5.41, 5.74) is 3.09. The van der Waals surface area contributed by atoms with Gasteiger partial charge in [0.1, 0.15) is 0 Å². The lowest BCUT2D eigenvalue weighted by Gasteiger charge is -2.03. The predicted molar refractivity (Wildman–Crippen MR) is 85.8 cm³/mol. The Labute approximate surface area is 131 Å². The monoisotopic (exact) mass is 309 g/mol. The van der Waals surface area contributed by atoms with Gasteiger partial charge in [-0.3, -0.25) is 4.68 Å². The maximum Gasteiger partial charge on any atom is 0.0953 e. The molecule has 0 bridgehead atoms. The molecule has 0 spiro atoms. The van der Waals surface area contributed by atoms with E-state index >= 15 is 0 Å². The molecule has 0 aliphatic heterocycles. The lowest BCUT2D eigenvalue weighted by Crippen LogP contribution is -2.17. The van der Waals surface area contributed by atoms with E-state index in [0.717, 1.165) is 54.5 Å². The molecule has 2 aromatic heterocycles.